The summed E-state index contributed by atoms with van der Waals surface area (Å²) in [4.78, 5) is 35.9. The predicted molar refractivity (Wildman–Crippen MR) is 101 cm³/mol. The van der Waals surface area contributed by atoms with Crippen LogP contribution in [0.5, 0.6) is 11.5 Å². The van der Waals surface area contributed by atoms with Crippen LogP contribution >= 0.6 is 0 Å². The van der Waals surface area contributed by atoms with Gasteiger partial charge in [-0.1, -0.05) is 17.7 Å². The van der Waals surface area contributed by atoms with Crippen LogP contribution < -0.4 is 20.1 Å². The number of hydrogen-bond donors (Lipinski definition) is 2. The average molecular weight is 384 g/mol. The maximum absolute atomic E-state index is 12.1. The molecule has 0 spiro atoms. The largest absolute Gasteiger partial charge is 0.486 e. The smallest absolute Gasteiger partial charge is 0.338 e. The molecule has 0 saturated carbocycles. The monoisotopic (exact) mass is 384 g/mol. The number of aryl methyl sites for hydroxylation is 2. The van der Waals surface area contributed by atoms with Crippen LogP contribution in [0.3, 0.4) is 0 Å². The lowest BCUT2D eigenvalue weighted by Gasteiger charge is -2.19. The fraction of sp³-hybridized carbons (Fsp3) is 0.250. The molecule has 3 rings (SSSR count). The van der Waals surface area contributed by atoms with Crippen LogP contribution in [-0.4, -0.2) is 37.7 Å². The van der Waals surface area contributed by atoms with E-state index in [2.05, 4.69) is 10.6 Å². The minimum absolute atomic E-state index is 0.374. The van der Waals surface area contributed by atoms with Crippen molar-refractivity contribution in [1.29, 1.82) is 0 Å². The van der Waals surface area contributed by atoms with Crippen molar-refractivity contribution in [2.24, 2.45) is 0 Å². The van der Waals surface area contributed by atoms with Crippen molar-refractivity contribution in [1.82, 2.24) is 5.32 Å². The summed E-state index contributed by atoms with van der Waals surface area (Å²) in [6, 6.07) is 9.40. The first-order valence-corrected chi connectivity index (χ1v) is 8.67. The molecular weight excluding hydrogens is 364 g/mol. The zero-order valence-electron chi connectivity index (χ0n) is 15.5. The van der Waals surface area contributed by atoms with Gasteiger partial charge in [-0.2, -0.15) is 0 Å². The number of urea groups is 1. The van der Waals surface area contributed by atoms with Gasteiger partial charge in [0, 0.05) is 11.8 Å². The van der Waals surface area contributed by atoms with Crippen LogP contribution in [0, 0.1) is 13.8 Å². The lowest BCUT2D eigenvalue weighted by molar-refractivity contribution is -0.123. The fourth-order valence-electron chi connectivity index (χ4n) is 2.70. The van der Waals surface area contributed by atoms with Gasteiger partial charge in [0.2, 0.25) is 0 Å². The molecule has 3 amide bonds. The van der Waals surface area contributed by atoms with Gasteiger partial charge in [0.25, 0.3) is 5.91 Å². The Morgan fingerprint density at radius 2 is 1.75 bits per heavy atom. The summed E-state index contributed by atoms with van der Waals surface area (Å²) in [6.07, 6.45) is 0. The minimum atomic E-state index is -0.746. The van der Waals surface area contributed by atoms with Crippen LogP contribution in [-0.2, 0) is 9.53 Å². The van der Waals surface area contributed by atoms with Crippen molar-refractivity contribution in [3.05, 3.63) is 53.1 Å². The van der Waals surface area contributed by atoms with Crippen LogP contribution in [0.25, 0.3) is 0 Å². The SMILES string of the molecule is Cc1ccc(C(=O)OCC(=O)NC(=O)Nc2ccc3c(c2)OCCO3)c(C)c1. The second-order valence-corrected chi connectivity index (χ2v) is 6.26. The van der Waals surface area contributed by atoms with Crippen molar-refractivity contribution in [2.75, 3.05) is 25.1 Å². The van der Waals surface area contributed by atoms with E-state index < -0.39 is 24.5 Å². The highest BCUT2D eigenvalue weighted by atomic mass is 16.6. The van der Waals surface area contributed by atoms with E-state index in [4.69, 9.17) is 14.2 Å². The number of carbonyl (C=O) groups is 3. The molecule has 8 heteroatoms. The van der Waals surface area contributed by atoms with Crippen molar-refractivity contribution in [3.8, 4) is 11.5 Å². The van der Waals surface area contributed by atoms with Crippen LogP contribution in [0.1, 0.15) is 21.5 Å². The summed E-state index contributed by atoms with van der Waals surface area (Å²) in [5.41, 5.74) is 2.57. The molecule has 0 atom stereocenters. The Morgan fingerprint density at radius 1 is 1.00 bits per heavy atom. The molecule has 0 aliphatic carbocycles. The number of benzene rings is 2. The minimum Gasteiger partial charge on any atom is -0.486 e. The third-order valence-electron chi connectivity index (χ3n) is 3.99. The standard InChI is InChI=1S/C20H20N2O6/c1-12-3-5-15(13(2)9-12)19(24)28-11-18(23)22-20(25)21-14-4-6-16-17(10-14)27-8-7-26-16/h3-6,9-10H,7-8,11H2,1-2H3,(H2,21,22,23,25). The molecule has 2 aromatic carbocycles. The normalized spacial score (nSPS) is 12.1. The molecule has 1 aliphatic rings. The van der Waals surface area contributed by atoms with Gasteiger partial charge in [-0.25, -0.2) is 9.59 Å². The van der Waals surface area contributed by atoms with Gasteiger partial charge in [0.05, 0.1) is 5.56 Å². The Balaban J connectivity index is 1.49. The summed E-state index contributed by atoms with van der Waals surface area (Å²) in [5.74, 6) is -0.266. The highest BCUT2D eigenvalue weighted by Crippen LogP contribution is 2.32. The van der Waals surface area contributed by atoms with Gasteiger partial charge in [0.15, 0.2) is 18.1 Å². The van der Waals surface area contributed by atoms with E-state index in [1.165, 1.54) is 0 Å². The molecule has 0 fully saturated rings. The molecule has 28 heavy (non-hydrogen) atoms. The fourth-order valence-corrected chi connectivity index (χ4v) is 2.70. The van der Waals surface area contributed by atoms with Gasteiger partial charge < -0.3 is 19.5 Å². The number of rotatable bonds is 4. The quantitative estimate of drug-likeness (QED) is 0.786. The molecular formula is C20H20N2O6. The lowest BCUT2D eigenvalue weighted by Crippen LogP contribution is -2.37. The zero-order chi connectivity index (χ0) is 20.1. The van der Waals surface area contributed by atoms with E-state index >= 15 is 0 Å². The Hall–Kier alpha value is -3.55. The average Bonchev–Trinajstić information content (AvgIpc) is 2.66. The number of hydrogen-bond acceptors (Lipinski definition) is 6. The molecule has 8 nitrogen and oxygen atoms in total. The molecule has 0 bridgehead atoms. The molecule has 0 saturated heterocycles. The Bertz CT molecular complexity index is 925. The zero-order valence-corrected chi connectivity index (χ0v) is 15.5. The van der Waals surface area contributed by atoms with Crippen LogP contribution in [0.15, 0.2) is 36.4 Å². The summed E-state index contributed by atoms with van der Waals surface area (Å²) in [7, 11) is 0. The number of anilines is 1. The molecule has 2 N–H and O–H groups in total. The highest BCUT2D eigenvalue weighted by Gasteiger charge is 2.16. The predicted octanol–water partition coefficient (Wildman–Crippen LogP) is 2.58. The van der Waals surface area contributed by atoms with E-state index in [9.17, 15) is 14.4 Å². The second-order valence-electron chi connectivity index (χ2n) is 6.26. The number of imide groups is 1. The van der Waals surface area contributed by atoms with Gasteiger partial charge in [0.1, 0.15) is 13.2 Å². The third-order valence-corrected chi connectivity index (χ3v) is 3.99. The van der Waals surface area contributed by atoms with Gasteiger partial charge in [-0.05, 0) is 37.6 Å². The molecule has 0 radical (unpaired) electrons. The number of esters is 1. The highest BCUT2D eigenvalue weighted by molar-refractivity contribution is 6.02. The molecule has 1 heterocycles. The Labute approximate surface area is 161 Å². The number of nitrogens with one attached hydrogen (secondary N) is 2. The number of carbonyl (C=O) groups excluding carboxylic acids is 3. The number of fused-ring (bicyclic) bond motifs is 1. The maximum Gasteiger partial charge on any atom is 0.338 e. The molecule has 0 unspecified atom stereocenters. The Morgan fingerprint density at radius 3 is 2.50 bits per heavy atom. The van der Waals surface area contributed by atoms with Crippen molar-refractivity contribution in [3.63, 3.8) is 0 Å². The van der Waals surface area contributed by atoms with E-state index in [1.54, 1.807) is 37.3 Å². The van der Waals surface area contributed by atoms with E-state index in [0.29, 0.717) is 36.0 Å². The topological polar surface area (TPSA) is 103 Å². The third kappa shape index (κ3) is 4.79. The number of amides is 3. The maximum atomic E-state index is 12.1. The summed E-state index contributed by atoms with van der Waals surface area (Å²) in [6.45, 7) is 4.02. The molecule has 146 valence electrons. The van der Waals surface area contributed by atoms with Gasteiger partial charge in [-0.15, -0.1) is 0 Å². The lowest BCUT2D eigenvalue weighted by atomic mass is 10.1. The van der Waals surface area contributed by atoms with E-state index in [-0.39, 0.29) is 0 Å². The first-order valence-electron chi connectivity index (χ1n) is 8.67. The summed E-state index contributed by atoms with van der Waals surface area (Å²) in [5, 5.41) is 4.61. The molecule has 0 aromatic heterocycles. The van der Waals surface area contributed by atoms with Gasteiger partial charge in [-0.3, -0.25) is 10.1 Å². The first kappa shape index (κ1) is 19.2. The summed E-state index contributed by atoms with van der Waals surface area (Å²) >= 11 is 0. The first-order chi connectivity index (χ1) is 13.4. The second kappa shape index (κ2) is 8.43. The van der Waals surface area contributed by atoms with Crippen LogP contribution in [0.2, 0.25) is 0 Å². The van der Waals surface area contributed by atoms with E-state index in [1.807, 2.05) is 13.0 Å². The molecule has 2 aromatic rings. The summed E-state index contributed by atoms with van der Waals surface area (Å²) < 4.78 is 15.8. The Kier molecular flexibility index (Phi) is 5.78. The van der Waals surface area contributed by atoms with Crippen molar-refractivity contribution < 1.29 is 28.6 Å². The number of ether oxygens (including phenoxy) is 3. The van der Waals surface area contributed by atoms with Gasteiger partial charge >= 0.3 is 12.0 Å². The van der Waals surface area contributed by atoms with E-state index in [0.717, 1.165) is 11.1 Å². The molecule has 1 aliphatic heterocycles. The van der Waals surface area contributed by atoms with Crippen molar-refractivity contribution >= 4 is 23.6 Å². The van der Waals surface area contributed by atoms with Crippen LogP contribution in [0.4, 0.5) is 10.5 Å². The van der Waals surface area contributed by atoms with Crippen molar-refractivity contribution in [2.45, 2.75) is 13.8 Å².